The Morgan fingerprint density at radius 2 is 1.93 bits per heavy atom. The summed E-state index contributed by atoms with van der Waals surface area (Å²) in [7, 11) is -3.27. The number of halogens is 1. The summed E-state index contributed by atoms with van der Waals surface area (Å²) in [5, 5.41) is 12.8. The summed E-state index contributed by atoms with van der Waals surface area (Å²) in [6.07, 6.45) is 0.270. The van der Waals surface area contributed by atoms with Gasteiger partial charge in [-0.1, -0.05) is 29.8 Å². The second-order valence-electron chi connectivity index (χ2n) is 6.79. The third-order valence-electron chi connectivity index (χ3n) is 5.02. The van der Waals surface area contributed by atoms with E-state index in [1.165, 1.54) is 16.2 Å². The molecule has 2 atom stereocenters. The maximum atomic E-state index is 13.1. The summed E-state index contributed by atoms with van der Waals surface area (Å²) in [6, 6.07) is 8.49. The smallest absolute Gasteiger partial charge is 0.290 e. The topological polar surface area (TPSA) is 91.8 Å². The normalized spacial score (nSPS) is 24.2. The van der Waals surface area contributed by atoms with Gasteiger partial charge in [-0.15, -0.1) is 11.3 Å². The maximum absolute atomic E-state index is 13.1. The summed E-state index contributed by atoms with van der Waals surface area (Å²) in [5.74, 6) is -1.99. The molecule has 2 aliphatic heterocycles. The molecule has 0 aliphatic carbocycles. The van der Waals surface area contributed by atoms with Crippen molar-refractivity contribution in [1.82, 2.24) is 4.90 Å². The van der Waals surface area contributed by atoms with Crippen LogP contribution >= 0.6 is 22.9 Å². The summed E-state index contributed by atoms with van der Waals surface area (Å²) in [4.78, 5) is 27.7. The number of hydrogen-bond donors (Lipinski definition) is 1. The van der Waals surface area contributed by atoms with Crippen LogP contribution in [0.2, 0.25) is 5.02 Å². The number of carbonyl (C=O) groups excluding carboxylic acids is 2. The molecule has 1 aromatic carbocycles. The zero-order chi connectivity index (χ0) is 20.1. The number of aliphatic hydroxyl groups is 1. The number of thiophene rings is 1. The largest absolute Gasteiger partial charge is 0.503 e. The molecule has 1 fully saturated rings. The highest BCUT2D eigenvalue weighted by atomic mass is 35.5. The molecule has 0 bridgehead atoms. The summed E-state index contributed by atoms with van der Waals surface area (Å²) >= 11 is 7.18. The predicted octanol–water partition coefficient (Wildman–Crippen LogP) is 3.17. The number of ketones is 1. The third kappa shape index (κ3) is 3.25. The number of sulfone groups is 1. The van der Waals surface area contributed by atoms with Crippen LogP contribution in [0.3, 0.4) is 0 Å². The lowest BCUT2D eigenvalue weighted by atomic mass is 9.94. The van der Waals surface area contributed by atoms with Crippen molar-refractivity contribution in [2.75, 3.05) is 11.5 Å². The molecule has 0 radical (unpaired) electrons. The van der Waals surface area contributed by atoms with Crippen LogP contribution in [0, 0.1) is 0 Å². The molecule has 0 saturated carbocycles. The number of nitrogens with zero attached hydrogens (tertiary/aromatic N) is 1. The Labute approximate surface area is 171 Å². The molecule has 28 heavy (non-hydrogen) atoms. The minimum absolute atomic E-state index is 0.0241. The van der Waals surface area contributed by atoms with Crippen LogP contribution < -0.4 is 0 Å². The fourth-order valence-corrected chi connectivity index (χ4v) is 6.25. The van der Waals surface area contributed by atoms with E-state index in [0.717, 1.165) is 0 Å². The summed E-state index contributed by atoms with van der Waals surface area (Å²) in [5.41, 5.74) is 0.560. The van der Waals surface area contributed by atoms with E-state index in [1.54, 1.807) is 41.8 Å². The van der Waals surface area contributed by atoms with Gasteiger partial charge in [-0.3, -0.25) is 9.59 Å². The third-order valence-corrected chi connectivity index (χ3v) is 7.89. The van der Waals surface area contributed by atoms with Crippen molar-refractivity contribution in [3.63, 3.8) is 0 Å². The molecule has 2 aromatic rings. The molecular weight excluding hydrogens is 422 g/mol. The van der Waals surface area contributed by atoms with Gasteiger partial charge in [-0.05, 0) is 35.6 Å². The highest BCUT2D eigenvalue weighted by molar-refractivity contribution is 7.91. The number of benzene rings is 1. The zero-order valence-corrected chi connectivity index (χ0v) is 16.9. The number of hydrogen-bond acceptors (Lipinski definition) is 6. The van der Waals surface area contributed by atoms with E-state index >= 15 is 0 Å². The zero-order valence-electron chi connectivity index (χ0n) is 14.5. The lowest BCUT2D eigenvalue weighted by molar-refractivity contribution is -0.131. The Balaban J connectivity index is 1.82. The first-order chi connectivity index (χ1) is 13.3. The van der Waals surface area contributed by atoms with Crippen molar-refractivity contribution in [2.24, 2.45) is 0 Å². The van der Waals surface area contributed by atoms with E-state index in [4.69, 9.17) is 11.6 Å². The summed E-state index contributed by atoms with van der Waals surface area (Å²) in [6.45, 7) is 0. The Bertz CT molecular complexity index is 1070. The molecular formula is C19H16ClNO5S2. The number of aliphatic hydroxyl groups excluding tert-OH is 1. The van der Waals surface area contributed by atoms with Gasteiger partial charge < -0.3 is 10.0 Å². The van der Waals surface area contributed by atoms with Crippen molar-refractivity contribution in [3.05, 3.63) is 68.6 Å². The van der Waals surface area contributed by atoms with Crippen LogP contribution in [0.15, 0.2) is 53.1 Å². The van der Waals surface area contributed by atoms with Crippen molar-refractivity contribution in [3.8, 4) is 0 Å². The van der Waals surface area contributed by atoms with E-state index in [0.29, 0.717) is 15.5 Å². The lowest BCUT2D eigenvalue weighted by Crippen LogP contribution is -2.41. The van der Waals surface area contributed by atoms with Crippen molar-refractivity contribution < 1.29 is 23.1 Å². The van der Waals surface area contributed by atoms with Crippen LogP contribution in [0.1, 0.15) is 27.7 Å². The molecule has 0 unspecified atom stereocenters. The van der Waals surface area contributed by atoms with Gasteiger partial charge in [0.1, 0.15) is 0 Å². The average Bonchev–Trinajstić information content (AvgIpc) is 3.35. The van der Waals surface area contributed by atoms with E-state index in [9.17, 15) is 23.1 Å². The first-order valence-corrected chi connectivity index (χ1v) is 11.7. The minimum Gasteiger partial charge on any atom is -0.503 e. The van der Waals surface area contributed by atoms with Gasteiger partial charge in [-0.25, -0.2) is 8.42 Å². The second kappa shape index (κ2) is 7.02. The molecule has 1 amide bonds. The van der Waals surface area contributed by atoms with Crippen LogP contribution in [0.25, 0.3) is 0 Å². The molecule has 1 N–H and O–H groups in total. The molecule has 146 valence electrons. The number of rotatable bonds is 4. The molecule has 1 saturated heterocycles. The fourth-order valence-electron chi connectivity index (χ4n) is 3.74. The van der Waals surface area contributed by atoms with Crippen LogP contribution in [-0.2, 0) is 14.6 Å². The first kappa shape index (κ1) is 19.2. The molecule has 6 nitrogen and oxygen atoms in total. The Kier molecular flexibility index (Phi) is 4.81. The van der Waals surface area contributed by atoms with Crippen LogP contribution in [0.5, 0.6) is 0 Å². The number of carbonyl (C=O) groups is 2. The molecule has 9 heteroatoms. The lowest BCUT2D eigenvalue weighted by Gasteiger charge is -2.31. The van der Waals surface area contributed by atoms with E-state index in [-0.39, 0.29) is 23.5 Å². The van der Waals surface area contributed by atoms with Crippen LogP contribution in [0.4, 0.5) is 0 Å². The average molecular weight is 438 g/mol. The van der Waals surface area contributed by atoms with E-state index in [2.05, 4.69) is 0 Å². The standard InChI is InChI=1S/C19H16ClNO5S2/c20-12-5-3-11(4-6-12)16-15(17(22)14-2-1-8-27-14)18(23)19(24)21(16)13-7-9-28(25,26)10-13/h1-6,8,13,16,23H,7,9-10H2/t13-,16-/m0/s1. The molecule has 1 aromatic heterocycles. The first-order valence-electron chi connectivity index (χ1n) is 8.58. The number of Topliss-reactive ketones (excluding diaryl/α,β-unsaturated/α-hetero) is 1. The fraction of sp³-hybridized carbons (Fsp3) is 0.263. The van der Waals surface area contributed by atoms with E-state index < -0.39 is 39.4 Å². The Morgan fingerprint density at radius 1 is 1.21 bits per heavy atom. The molecule has 3 heterocycles. The van der Waals surface area contributed by atoms with Crippen LogP contribution in [-0.4, -0.2) is 47.7 Å². The van der Waals surface area contributed by atoms with Gasteiger partial charge >= 0.3 is 0 Å². The van der Waals surface area contributed by atoms with Gasteiger partial charge in [0.05, 0.1) is 28.0 Å². The minimum atomic E-state index is -3.27. The monoisotopic (exact) mass is 437 g/mol. The van der Waals surface area contributed by atoms with Crippen molar-refractivity contribution in [2.45, 2.75) is 18.5 Å². The van der Waals surface area contributed by atoms with Gasteiger partial charge in [0.2, 0.25) is 5.78 Å². The van der Waals surface area contributed by atoms with Gasteiger partial charge in [-0.2, -0.15) is 0 Å². The molecule has 2 aliphatic rings. The molecule has 0 spiro atoms. The van der Waals surface area contributed by atoms with Gasteiger partial charge in [0.15, 0.2) is 15.6 Å². The Morgan fingerprint density at radius 3 is 2.50 bits per heavy atom. The predicted molar refractivity (Wildman–Crippen MR) is 106 cm³/mol. The highest BCUT2D eigenvalue weighted by Gasteiger charge is 2.49. The highest BCUT2D eigenvalue weighted by Crippen LogP contribution is 2.42. The SMILES string of the molecule is O=C(C1=C(O)C(=O)N([C@H]2CCS(=O)(=O)C2)[C@H]1c1ccc(Cl)cc1)c1cccs1. The molecule has 4 rings (SSSR count). The summed E-state index contributed by atoms with van der Waals surface area (Å²) < 4.78 is 24.0. The van der Waals surface area contributed by atoms with Gasteiger partial charge in [0.25, 0.3) is 5.91 Å². The number of amides is 1. The van der Waals surface area contributed by atoms with Crippen molar-refractivity contribution >= 4 is 44.5 Å². The second-order valence-corrected chi connectivity index (χ2v) is 10.4. The maximum Gasteiger partial charge on any atom is 0.290 e. The van der Waals surface area contributed by atoms with Crippen molar-refractivity contribution in [1.29, 1.82) is 0 Å². The Hall–Kier alpha value is -2.16. The van der Waals surface area contributed by atoms with E-state index in [1.807, 2.05) is 0 Å². The van der Waals surface area contributed by atoms with Gasteiger partial charge in [0, 0.05) is 11.1 Å². The quantitative estimate of drug-likeness (QED) is 0.742.